The Kier molecular flexibility index (Phi) is 7.82. The number of anilines is 2. The highest BCUT2D eigenvalue weighted by molar-refractivity contribution is 7.99. The van der Waals surface area contributed by atoms with E-state index in [1.165, 1.54) is 10.6 Å². The molecule has 0 saturated carbocycles. The van der Waals surface area contributed by atoms with Crippen LogP contribution in [0.5, 0.6) is 0 Å². The van der Waals surface area contributed by atoms with E-state index in [0.29, 0.717) is 11.3 Å². The summed E-state index contributed by atoms with van der Waals surface area (Å²) >= 11 is 1.59. The highest BCUT2D eigenvalue weighted by atomic mass is 32.2. The van der Waals surface area contributed by atoms with Crippen molar-refractivity contribution in [3.8, 4) is 0 Å². The van der Waals surface area contributed by atoms with Crippen LogP contribution >= 0.6 is 11.8 Å². The molecule has 0 spiro atoms. The molecule has 5 nitrogen and oxygen atoms in total. The number of carbonyl (C=O) groups excluding carboxylic acids is 1. The van der Waals surface area contributed by atoms with Crippen molar-refractivity contribution < 1.29 is 13.2 Å². The average molecular weight is 517 g/mol. The van der Waals surface area contributed by atoms with Gasteiger partial charge in [0.05, 0.1) is 24.2 Å². The molecule has 36 heavy (non-hydrogen) atoms. The van der Waals surface area contributed by atoms with E-state index in [4.69, 9.17) is 0 Å². The van der Waals surface area contributed by atoms with E-state index in [0.717, 1.165) is 32.2 Å². The van der Waals surface area contributed by atoms with Crippen LogP contribution in [0.25, 0.3) is 0 Å². The van der Waals surface area contributed by atoms with Crippen LogP contribution in [0.4, 0.5) is 11.4 Å². The second kappa shape index (κ2) is 11.0. The summed E-state index contributed by atoms with van der Waals surface area (Å²) < 4.78 is 26.7. The van der Waals surface area contributed by atoms with Gasteiger partial charge in [-0.2, -0.15) is 0 Å². The molecule has 0 bridgehead atoms. The number of nitrogens with one attached hydrogen (secondary N) is 1. The lowest BCUT2D eigenvalue weighted by atomic mass is 10.1. The average Bonchev–Trinajstić information content (AvgIpc) is 2.85. The van der Waals surface area contributed by atoms with E-state index in [1.54, 1.807) is 36.0 Å². The molecule has 7 heteroatoms. The quantitative estimate of drug-likeness (QED) is 0.284. The molecule has 0 unspecified atom stereocenters. The summed E-state index contributed by atoms with van der Waals surface area (Å²) in [6.45, 7) is 3.99. The van der Waals surface area contributed by atoms with Gasteiger partial charge in [-0.3, -0.25) is 9.10 Å². The minimum absolute atomic E-state index is 0.184. The molecule has 0 aliphatic carbocycles. The van der Waals surface area contributed by atoms with Gasteiger partial charge in [0, 0.05) is 15.4 Å². The molecule has 0 saturated heterocycles. The van der Waals surface area contributed by atoms with Crippen molar-refractivity contribution in [3.63, 3.8) is 0 Å². The van der Waals surface area contributed by atoms with Gasteiger partial charge in [-0.1, -0.05) is 72.4 Å². The fraction of sp³-hybridized carbons (Fsp3) is 0.138. The second-order valence-corrected chi connectivity index (χ2v) is 11.6. The topological polar surface area (TPSA) is 66.5 Å². The van der Waals surface area contributed by atoms with Crippen molar-refractivity contribution >= 4 is 39.1 Å². The smallest absolute Gasteiger partial charge is 0.255 e. The minimum atomic E-state index is -3.51. The van der Waals surface area contributed by atoms with E-state index in [2.05, 4.69) is 5.32 Å². The standard InChI is InChI=1S/C29H28N2O3S2/c1-21-10-9-11-22(2)28(21)31(36(3,33)34)20-23-16-18-24(19-17-23)29(32)30-26-14-7-8-15-27(26)35-25-12-5-4-6-13-25/h4-19H,20H2,1-3H3,(H,30,32). The third-order valence-electron chi connectivity index (χ3n) is 5.74. The molecule has 4 aromatic rings. The zero-order valence-electron chi connectivity index (χ0n) is 20.4. The van der Waals surface area contributed by atoms with Crippen molar-refractivity contribution in [3.05, 3.63) is 119 Å². The van der Waals surface area contributed by atoms with Crippen molar-refractivity contribution in [1.29, 1.82) is 0 Å². The number of para-hydroxylation sites is 2. The summed E-state index contributed by atoms with van der Waals surface area (Å²) in [4.78, 5) is 15.0. The third kappa shape index (κ3) is 6.17. The van der Waals surface area contributed by atoms with Gasteiger partial charge in [0.15, 0.2) is 0 Å². The van der Waals surface area contributed by atoms with Gasteiger partial charge in [0.1, 0.15) is 0 Å². The molecule has 4 rings (SSSR count). The number of aryl methyl sites for hydroxylation is 2. The number of nitrogens with zero attached hydrogens (tertiary/aromatic N) is 1. The summed E-state index contributed by atoms with van der Waals surface area (Å²) in [6, 6.07) is 30.5. The van der Waals surface area contributed by atoms with E-state index in [9.17, 15) is 13.2 Å². The lowest BCUT2D eigenvalue weighted by Gasteiger charge is -2.26. The Balaban J connectivity index is 1.51. The van der Waals surface area contributed by atoms with Crippen LogP contribution in [0, 0.1) is 13.8 Å². The zero-order valence-corrected chi connectivity index (χ0v) is 22.1. The van der Waals surface area contributed by atoms with Crippen molar-refractivity contribution in [2.45, 2.75) is 30.2 Å². The first-order valence-corrected chi connectivity index (χ1v) is 14.1. The van der Waals surface area contributed by atoms with Crippen molar-refractivity contribution in [1.82, 2.24) is 0 Å². The highest BCUT2D eigenvalue weighted by Crippen LogP contribution is 2.33. The maximum absolute atomic E-state index is 13.0. The van der Waals surface area contributed by atoms with Gasteiger partial charge in [0.2, 0.25) is 10.0 Å². The summed E-state index contributed by atoms with van der Waals surface area (Å²) in [5.41, 5.74) is 4.50. The maximum atomic E-state index is 13.0. The molecule has 1 N–H and O–H groups in total. The van der Waals surface area contributed by atoms with Crippen LogP contribution in [-0.2, 0) is 16.6 Å². The van der Waals surface area contributed by atoms with Crippen LogP contribution in [-0.4, -0.2) is 20.6 Å². The first kappa shape index (κ1) is 25.5. The fourth-order valence-corrected chi connectivity index (χ4v) is 5.88. The van der Waals surface area contributed by atoms with Gasteiger partial charge in [-0.25, -0.2) is 8.42 Å². The van der Waals surface area contributed by atoms with Gasteiger partial charge < -0.3 is 5.32 Å². The Hall–Kier alpha value is -3.55. The molecule has 0 radical (unpaired) electrons. The number of hydrogen-bond donors (Lipinski definition) is 1. The molecule has 0 aliphatic rings. The minimum Gasteiger partial charge on any atom is -0.321 e. The van der Waals surface area contributed by atoms with E-state index >= 15 is 0 Å². The van der Waals surface area contributed by atoms with Crippen LogP contribution in [0.2, 0.25) is 0 Å². The predicted molar refractivity (Wildman–Crippen MR) is 148 cm³/mol. The van der Waals surface area contributed by atoms with Crippen molar-refractivity contribution in [2.75, 3.05) is 15.9 Å². The van der Waals surface area contributed by atoms with Gasteiger partial charge in [-0.15, -0.1) is 0 Å². The lowest BCUT2D eigenvalue weighted by Crippen LogP contribution is -2.30. The number of amides is 1. The number of sulfonamides is 1. The largest absolute Gasteiger partial charge is 0.321 e. The van der Waals surface area contributed by atoms with Gasteiger partial charge in [-0.05, 0) is 66.9 Å². The Morgan fingerprint density at radius 3 is 2.06 bits per heavy atom. The predicted octanol–water partition coefficient (Wildman–Crippen LogP) is 6.67. The Morgan fingerprint density at radius 2 is 1.42 bits per heavy atom. The van der Waals surface area contributed by atoms with Crippen molar-refractivity contribution in [2.24, 2.45) is 0 Å². The molecule has 184 valence electrons. The SMILES string of the molecule is Cc1cccc(C)c1N(Cc1ccc(C(=O)Nc2ccccc2Sc2ccccc2)cc1)S(C)(=O)=O. The number of carbonyl (C=O) groups is 1. The molecule has 0 aliphatic heterocycles. The Morgan fingerprint density at radius 1 is 0.806 bits per heavy atom. The summed E-state index contributed by atoms with van der Waals surface area (Å²) in [5.74, 6) is -0.225. The molecule has 1 amide bonds. The zero-order chi connectivity index (χ0) is 25.7. The summed E-state index contributed by atoms with van der Waals surface area (Å²) in [7, 11) is -3.51. The number of hydrogen-bond acceptors (Lipinski definition) is 4. The van der Waals surface area contributed by atoms with Crippen LogP contribution in [0.15, 0.2) is 107 Å². The highest BCUT2D eigenvalue weighted by Gasteiger charge is 2.21. The van der Waals surface area contributed by atoms with E-state index in [1.807, 2.05) is 86.6 Å². The lowest BCUT2D eigenvalue weighted by molar-refractivity contribution is 0.102. The van der Waals surface area contributed by atoms with Gasteiger partial charge >= 0.3 is 0 Å². The molecule has 0 fully saturated rings. The summed E-state index contributed by atoms with van der Waals surface area (Å²) in [5, 5.41) is 3.01. The summed E-state index contributed by atoms with van der Waals surface area (Å²) in [6.07, 6.45) is 1.21. The first-order valence-electron chi connectivity index (χ1n) is 11.5. The normalized spacial score (nSPS) is 11.2. The molecule has 0 atom stereocenters. The van der Waals surface area contributed by atoms with Crippen LogP contribution in [0.1, 0.15) is 27.0 Å². The molecular weight excluding hydrogens is 488 g/mol. The Bertz CT molecular complexity index is 1450. The monoisotopic (exact) mass is 516 g/mol. The molecule has 0 heterocycles. The Labute approximate surface area is 217 Å². The molecule has 0 aromatic heterocycles. The maximum Gasteiger partial charge on any atom is 0.255 e. The fourth-order valence-electron chi connectivity index (χ4n) is 3.96. The van der Waals surface area contributed by atoms with Crippen LogP contribution in [0.3, 0.4) is 0 Å². The van der Waals surface area contributed by atoms with Crippen LogP contribution < -0.4 is 9.62 Å². The number of benzene rings is 4. The third-order valence-corrected chi connectivity index (χ3v) is 7.93. The van der Waals surface area contributed by atoms with E-state index in [-0.39, 0.29) is 12.5 Å². The van der Waals surface area contributed by atoms with E-state index < -0.39 is 10.0 Å². The second-order valence-electron chi connectivity index (χ2n) is 8.57. The molecule has 4 aromatic carbocycles. The first-order chi connectivity index (χ1) is 17.2. The number of rotatable bonds is 8. The van der Waals surface area contributed by atoms with Gasteiger partial charge in [0.25, 0.3) is 5.91 Å². The molecular formula is C29H28N2O3S2.